The first-order chi connectivity index (χ1) is 11.8. The molecule has 0 fully saturated rings. The minimum atomic E-state index is 0.248. The second-order valence-electron chi connectivity index (χ2n) is 5.44. The van der Waals surface area contributed by atoms with Crippen molar-refractivity contribution in [2.45, 2.75) is 6.42 Å². The van der Waals surface area contributed by atoms with Gasteiger partial charge >= 0.3 is 0 Å². The van der Waals surface area contributed by atoms with Crippen LogP contribution in [0.2, 0.25) is 0 Å². The summed E-state index contributed by atoms with van der Waals surface area (Å²) in [6.45, 7) is 0. The van der Waals surface area contributed by atoms with E-state index < -0.39 is 0 Å². The quantitative estimate of drug-likeness (QED) is 0.605. The maximum absolute atomic E-state index is 9.38. The van der Waals surface area contributed by atoms with Crippen LogP contribution in [0.25, 0.3) is 5.65 Å². The average Bonchev–Trinajstić information content (AvgIpc) is 3.00. The van der Waals surface area contributed by atoms with Crippen LogP contribution in [-0.2, 0) is 6.42 Å². The van der Waals surface area contributed by atoms with Gasteiger partial charge in [-0.3, -0.25) is 0 Å². The molecule has 0 saturated carbocycles. The van der Waals surface area contributed by atoms with Crippen LogP contribution in [0.1, 0.15) is 11.4 Å². The van der Waals surface area contributed by atoms with Gasteiger partial charge in [0.2, 0.25) is 0 Å². The number of aromatic hydroxyl groups is 1. The topological polar surface area (TPSA) is 75.3 Å². The first-order valence-electron chi connectivity index (χ1n) is 7.59. The predicted molar refractivity (Wildman–Crippen MR) is 91.4 cm³/mol. The van der Waals surface area contributed by atoms with Gasteiger partial charge in [0.1, 0.15) is 5.75 Å². The monoisotopic (exact) mass is 317 g/mol. The molecule has 4 aromatic rings. The summed E-state index contributed by atoms with van der Waals surface area (Å²) in [6.07, 6.45) is 0.587. The van der Waals surface area contributed by atoms with E-state index in [1.165, 1.54) is 0 Å². The highest BCUT2D eigenvalue weighted by Crippen LogP contribution is 2.16. The molecule has 118 valence electrons. The first kappa shape index (κ1) is 14.2. The van der Waals surface area contributed by atoms with Gasteiger partial charge in [-0.15, -0.1) is 15.3 Å². The van der Waals surface area contributed by atoms with Crippen LogP contribution in [0, 0.1) is 0 Å². The fourth-order valence-corrected chi connectivity index (χ4v) is 2.48. The Kier molecular flexibility index (Phi) is 3.55. The minimum absolute atomic E-state index is 0.248. The Bertz CT molecular complexity index is 964. The van der Waals surface area contributed by atoms with Gasteiger partial charge in [-0.05, 0) is 42.0 Å². The Balaban J connectivity index is 1.64. The highest BCUT2D eigenvalue weighted by atomic mass is 16.3. The van der Waals surface area contributed by atoms with Crippen molar-refractivity contribution in [3.05, 3.63) is 78.1 Å². The third-order valence-corrected chi connectivity index (χ3v) is 3.67. The number of phenolic OH excluding ortho intramolecular Hbond substituents is 1. The van der Waals surface area contributed by atoms with E-state index in [1.54, 1.807) is 16.6 Å². The van der Waals surface area contributed by atoms with Crippen LogP contribution < -0.4 is 5.32 Å². The maximum atomic E-state index is 9.38. The second-order valence-corrected chi connectivity index (χ2v) is 5.44. The highest BCUT2D eigenvalue weighted by Gasteiger charge is 2.09. The normalized spacial score (nSPS) is 10.8. The smallest absolute Gasteiger partial charge is 0.178 e. The van der Waals surface area contributed by atoms with Gasteiger partial charge in [0.15, 0.2) is 17.3 Å². The summed E-state index contributed by atoms with van der Waals surface area (Å²) in [5.41, 5.74) is 2.70. The second kappa shape index (κ2) is 6.00. The van der Waals surface area contributed by atoms with Crippen molar-refractivity contribution in [1.82, 2.24) is 19.8 Å². The van der Waals surface area contributed by atoms with Crippen molar-refractivity contribution >= 4 is 17.2 Å². The molecule has 2 aromatic carbocycles. The Morgan fingerprint density at radius 1 is 0.875 bits per heavy atom. The molecule has 0 amide bonds. The summed E-state index contributed by atoms with van der Waals surface area (Å²) < 4.78 is 1.73. The summed E-state index contributed by atoms with van der Waals surface area (Å²) in [4.78, 5) is 0. The van der Waals surface area contributed by atoms with Crippen LogP contribution >= 0.6 is 0 Å². The summed E-state index contributed by atoms with van der Waals surface area (Å²) >= 11 is 0. The van der Waals surface area contributed by atoms with Crippen molar-refractivity contribution < 1.29 is 5.11 Å². The first-order valence-corrected chi connectivity index (χ1v) is 7.59. The summed E-state index contributed by atoms with van der Waals surface area (Å²) in [5.74, 6) is 1.71. The fourth-order valence-electron chi connectivity index (χ4n) is 2.48. The Morgan fingerprint density at radius 2 is 1.67 bits per heavy atom. The Hall–Kier alpha value is -3.41. The number of rotatable bonds is 4. The molecule has 0 saturated heterocycles. The molecule has 2 N–H and O–H groups in total. The standard InChI is InChI=1S/C18H15N5O/c24-15-8-6-13(7-9-15)12-18-21-20-17-11-10-16(22-23(17)18)19-14-4-2-1-3-5-14/h1-11,24H,12H2,(H,19,22). The van der Waals surface area contributed by atoms with E-state index in [9.17, 15) is 5.11 Å². The lowest BCUT2D eigenvalue weighted by molar-refractivity contribution is 0.475. The average molecular weight is 317 g/mol. The molecule has 0 bridgehead atoms. The zero-order valence-electron chi connectivity index (χ0n) is 12.8. The molecule has 0 aliphatic rings. The molecule has 6 heteroatoms. The van der Waals surface area contributed by atoms with Crippen LogP contribution in [0.15, 0.2) is 66.7 Å². The van der Waals surface area contributed by atoms with Crippen LogP contribution in [0.3, 0.4) is 0 Å². The molecular formula is C18H15N5O. The molecule has 0 atom stereocenters. The molecule has 4 rings (SSSR count). The molecule has 6 nitrogen and oxygen atoms in total. The van der Waals surface area contributed by atoms with E-state index in [0.29, 0.717) is 12.1 Å². The number of anilines is 2. The molecule has 0 aliphatic heterocycles. The maximum Gasteiger partial charge on any atom is 0.178 e. The summed E-state index contributed by atoms with van der Waals surface area (Å²) in [7, 11) is 0. The lowest BCUT2D eigenvalue weighted by atomic mass is 10.1. The third kappa shape index (κ3) is 2.89. The lowest BCUT2D eigenvalue weighted by Gasteiger charge is -2.06. The summed E-state index contributed by atoms with van der Waals surface area (Å²) in [6, 6.07) is 20.7. The van der Waals surface area contributed by atoms with E-state index >= 15 is 0 Å². The lowest BCUT2D eigenvalue weighted by Crippen LogP contribution is -2.03. The van der Waals surface area contributed by atoms with Gasteiger partial charge in [-0.2, -0.15) is 4.52 Å². The van der Waals surface area contributed by atoms with Crippen molar-refractivity contribution in [2.24, 2.45) is 0 Å². The van der Waals surface area contributed by atoms with Gasteiger partial charge < -0.3 is 10.4 Å². The zero-order valence-corrected chi connectivity index (χ0v) is 12.8. The number of para-hydroxylation sites is 1. The van der Waals surface area contributed by atoms with E-state index in [4.69, 9.17) is 0 Å². The van der Waals surface area contributed by atoms with Crippen molar-refractivity contribution in [3.63, 3.8) is 0 Å². The largest absolute Gasteiger partial charge is 0.508 e. The number of hydrogen-bond donors (Lipinski definition) is 2. The molecule has 0 aliphatic carbocycles. The highest BCUT2D eigenvalue weighted by molar-refractivity contribution is 5.56. The SMILES string of the molecule is Oc1ccc(Cc2nnc3ccc(Nc4ccccc4)nn23)cc1. The zero-order chi connectivity index (χ0) is 16.4. The number of nitrogens with one attached hydrogen (secondary N) is 1. The van der Waals surface area contributed by atoms with E-state index in [0.717, 1.165) is 22.9 Å². The summed E-state index contributed by atoms with van der Waals surface area (Å²) in [5, 5.41) is 25.6. The van der Waals surface area contributed by atoms with Crippen LogP contribution in [-0.4, -0.2) is 24.9 Å². The van der Waals surface area contributed by atoms with Gasteiger partial charge in [0, 0.05) is 12.1 Å². The molecule has 2 aromatic heterocycles. The predicted octanol–water partition coefficient (Wildman–Crippen LogP) is 3.16. The van der Waals surface area contributed by atoms with Crippen molar-refractivity contribution in [1.29, 1.82) is 0 Å². The van der Waals surface area contributed by atoms with E-state index in [2.05, 4.69) is 20.6 Å². The molecule has 24 heavy (non-hydrogen) atoms. The van der Waals surface area contributed by atoms with Gasteiger partial charge in [-0.1, -0.05) is 30.3 Å². The Labute approximate surface area is 138 Å². The number of benzene rings is 2. The molecule has 2 heterocycles. The molecular weight excluding hydrogens is 302 g/mol. The van der Waals surface area contributed by atoms with Gasteiger partial charge in [0.25, 0.3) is 0 Å². The van der Waals surface area contributed by atoms with Gasteiger partial charge in [-0.25, -0.2) is 0 Å². The Morgan fingerprint density at radius 3 is 2.46 bits per heavy atom. The number of aromatic nitrogens is 4. The number of fused-ring (bicyclic) bond motifs is 1. The number of nitrogens with zero attached hydrogens (tertiary/aromatic N) is 4. The van der Waals surface area contributed by atoms with E-state index in [1.807, 2.05) is 54.6 Å². The fraction of sp³-hybridized carbons (Fsp3) is 0.0556. The van der Waals surface area contributed by atoms with Crippen molar-refractivity contribution in [2.75, 3.05) is 5.32 Å². The van der Waals surface area contributed by atoms with Crippen LogP contribution in [0.5, 0.6) is 5.75 Å². The molecule has 0 unspecified atom stereocenters. The van der Waals surface area contributed by atoms with Crippen LogP contribution in [0.4, 0.5) is 11.5 Å². The number of hydrogen-bond acceptors (Lipinski definition) is 5. The van der Waals surface area contributed by atoms with Crippen molar-refractivity contribution in [3.8, 4) is 5.75 Å². The molecule has 0 radical (unpaired) electrons. The third-order valence-electron chi connectivity index (χ3n) is 3.67. The number of phenols is 1. The van der Waals surface area contributed by atoms with Gasteiger partial charge in [0.05, 0.1) is 0 Å². The molecule has 0 spiro atoms. The minimum Gasteiger partial charge on any atom is -0.508 e. The van der Waals surface area contributed by atoms with E-state index in [-0.39, 0.29) is 5.75 Å².